The number of benzene rings is 1. The molecule has 2 N–H and O–H groups in total. The normalized spacial score (nSPS) is 21.8. The number of amides is 1. The maximum Gasteiger partial charge on any atom is 0.410 e. The van der Waals surface area contributed by atoms with Crippen LogP contribution >= 0.6 is 0 Å². The van der Waals surface area contributed by atoms with Gasteiger partial charge in [-0.15, -0.1) is 0 Å². The fourth-order valence-corrected chi connectivity index (χ4v) is 2.91. The summed E-state index contributed by atoms with van der Waals surface area (Å²) in [6, 6.07) is 7.92. The lowest BCUT2D eigenvalue weighted by Crippen LogP contribution is -2.35. The summed E-state index contributed by atoms with van der Waals surface area (Å²) in [6.45, 7) is 7.38. The molecule has 1 heterocycles. The molecule has 1 saturated heterocycles. The first-order valence-electron chi connectivity index (χ1n) is 7.66. The predicted molar refractivity (Wildman–Crippen MR) is 86.1 cm³/mol. The van der Waals surface area contributed by atoms with E-state index in [1.807, 2.05) is 45.0 Å². The number of carbonyl (C=O) groups is 1. The number of para-hydroxylation sites is 1. The van der Waals surface area contributed by atoms with E-state index in [0.717, 1.165) is 11.3 Å². The van der Waals surface area contributed by atoms with Crippen LogP contribution in [0.5, 0.6) is 5.75 Å². The van der Waals surface area contributed by atoms with Crippen molar-refractivity contribution in [1.29, 1.82) is 0 Å². The molecule has 1 fully saturated rings. The van der Waals surface area contributed by atoms with Crippen LogP contribution in [0.1, 0.15) is 32.3 Å². The standard InChI is InChI=1S/C17H26N2O3/c1-17(2,3)22-16(20)19-10-12(9-18)14(11-19)13-7-5-6-8-15(13)21-4/h5-8,12,14H,9-11,18H2,1-4H3/t12-,14-/m0/s1. The van der Waals surface area contributed by atoms with Crippen LogP contribution in [-0.4, -0.2) is 43.3 Å². The van der Waals surface area contributed by atoms with Crippen molar-refractivity contribution in [2.24, 2.45) is 11.7 Å². The highest BCUT2D eigenvalue weighted by atomic mass is 16.6. The second-order valence-electron chi connectivity index (χ2n) is 6.73. The fraction of sp³-hybridized carbons (Fsp3) is 0.588. The van der Waals surface area contributed by atoms with Crippen molar-refractivity contribution in [2.75, 3.05) is 26.7 Å². The molecule has 1 aromatic carbocycles. The Bertz CT molecular complexity index is 525. The maximum atomic E-state index is 12.3. The van der Waals surface area contributed by atoms with Crippen molar-refractivity contribution >= 4 is 6.09 Å². The largest absolute Gasteiger partial charge is 0.496 e. The number of hydrogen-bond donors (Lipinski definition) is 1. The molecule has 5 heteroatoms. The SMILES string of the molecule is COc1ccccc1[C@H]1CN(C(=O)OC(C)(C)C)C[C@@H]1CN. The van der Waals surface area contributed by atoms with E-state index in [1.165, 1.54) is 0 Å². The molecule has 2 rings (SSSR count). The first-order chi connectivity index (χ1) is 10.4. The van der Waals surface area contributed by atoms with Crippen molar-refractivity contribution in [2.45, 2.75) is 32.3 Å². The molecule has 22 heavy (non-hydrogen) atoms. The number of hydrogen-bond acceptors (Lipinski definition) is 4. The number of ether oxygens (including phenoxy) is 2. The van der Waals surface area contributed by atoms with E-state index in [1.54, 1.807) is 12.0 Å². The molecule has 5 nitrogen and oxygen atoms in total. The molecule has 2 atom stereocenters. The summed E-state index contributed by atoms with van der Waals surface area (Å²) in [5.41, 5.74) is 6.54. The van der Waals surface area contributed by atoms with E-state index in [9.17, 15) is 4.79 Å². The highest BCUT2D eigenvalue weighted by molar-refractivity contribution is 5.69. The van der Waals surface area contributed by atoms with Gasteiger partial charge in [-0.3, -0.25) is 0 Å². The van der Waals surface area contributed by atoms with Crippen LogP contribution in [0.2, 0.25) is 0 Å². The number of likely N-dealkylation sites (tertiary alicyclic amines) is 1. The van der Waals surface area contributed by atoms with Crippen molar-refractivity contribution in [1.82, 2.24) is 4.90 Å². The van der Waals surface area contributed by atoms with E-state index in [-0.39, 0.29) is 17.9 Å². The van der Waals surface area contributed by atoms with Crippen molar-refractivity contribution in [3.05, 3.63) is 29.8 Å². The quantitative estimate of drug-likeness (QED) is 0.932. The fourth-order valence-electron chi connectivity index (χ4n) is 2.91. The Morgan fingerprint density at radius 2 is 2.00 bits per heavy atom. The molecule has 1 aromatic rings. The molecule has 122 valence electrons. The van der Waals surface area contributed by atoms with Gasteiger partial charge in [0.1, 0.15) is 11.4 Å². The maximum absolute atomic E-state index is 12.3. The molecule has 0 bridgehead atoms. The molecule has 0 radical (unpaired) electrons. The summed E-state index contributed by atoms with van der Waals surface area (Å²) in [4.78, 5) is 14.0. The smallest absolute Gasteiger partial charge is 0.410 e. The second-order valence-corrected chi connectivity index (χ2v) is 6.73. The van der Waals surface area contributed by atoms with E-state index >= 15 is 0 Å². The molecular formula is C17H26N2O3. The Balaban J connectivity index is 2.18. The molecule has 0 saturated carbocycles. The zero-order valence-corrected chi connectivity index (χ0v) is 13.8. The van der Waals surface area contributed by atoms with Crippen LogP contribution in [0.3, 0.4) is 0 Å². The topological polar surface area (TPSA) is 64.8 Å². The minimum absolute atomic E-state index is 0.175. The minimum atomic E-state index is -0.488. The predicted octanol–water partition coefficient (Wildman–Crippen LogP) is 2.60. The number of methoxy groups -OCH3 is 1. The highest BCUT2D eigenvalue weighted by Gasteiger charge is 2.38. The Hall–Kier alpha value is -1.75. The molecular weight excluding hydrogens is 280 g/mol. The van der Waals surface area contributed by atoms with Gasteiger partial charge in [-0.25, -0.2) is 4.79 Å². The van der Waals surface area contributed by atoms with Crippen molar-refractivity contribution in [3.8, 4) is 5.75 Å². The third kappa shape index (κ3) is 3.71. The third-order valence-corrected chi connectivity index (χ3v) is 3.93. The molecule has 0 spiro atoms. The van der Waals surface area contributed by atoms with Gasteiger partial charge in [0.05, 0.1) is 7.11 Å². The van der Waals surface area contributed by atoms with Gasteiger partial charge >= 0.3 is 6.09 Å². The van der Waals surface area contributed by atoms with E-state index in [2.05, 4.69) is 0 Å². The Kier molecular flexibility index (Phi) is 4.96. The summed E-state index contributed by atoms with van der Waals surface area (Å²) in [5.74, 6) is 1.23. The highest BCUT2D eigenvalue weighted by Crippen LogP contribution is 2.37. The molecule has 1 amide bonds. The first kappa shape index (κ1) is 16.6. The van der Waals surface area contributed by atoms with Crippen LogP contribution in [-0.2, 0) is 4.74 Å². The molecule has 1 aliphatic rings. The van der Waals surface area contributed by atoms with Gasteiger partial charge in [-0.2, -0.15) is 0 Å². The van der Waals surface area contributed by atoms with Crippen molar-refractivity contribution in [3.63, 3.8) is 0 Å². The number of nitrogens with two attached hydrogens (primary N) is 1. The Labute approximate surface area is 132 Å². The van der Waals surface area contributed by atoms with Crippen LogP contribution in [0.15, 0.2) is 24.3 Å². The van der Waals surface area contributed by atoms with Crippen LogP contribution in [0.25, 0.3) is 0 Å². The lowest BCUT2D eigenvalue weighted by Gasteiger charge is -2.24. The van der Waals surface area contributed by atoms with Gasteiger partial charge < -0.3 is 20.1 Å². The van der Waals surface area contributed by atoms with Gasteiger partial charge in [0.25, 0.3) is 0 Å². The first-order valence-corrected chi connectivity index (χ1v) is 7.66. The van der Waals surface area contributed by atoms with Crippen LogP contribution < -0.4 is 10.5 Å². The van der Waals surface area contributed by atoms with E-state index in [4.69, 9.17) is 15.2 Å². The van der Waals surface area contributed by atoms with Gasteiger partial charge in [-0.05, 0) is 44.9 Å². The molecule has 0 aliphatic carbocycles. The van der Waals surface area contributed by atoms with Gasteiger partial charge in [0.15, 0.2) is 0 Å². The third-order valence-electron chi connectivity index (χ3n) is 3.93. The monoisotopic (exact) mass is 306 g/mol. The zero-order valence-electron chi connectivity index (χ0n) is 13.8. The van der Waals surface area contributed by atoms with Crippen LogP contribution in [0.4, 0.5) is 4.79 Å². The summed E-state index contributed by atoms with van der Waals surface area (Å²) in [5, 5.41) is 0. The second kappa shape index (κ2) is 6.57. The lowest BCUT2D eigenvalue weighted by atomic mass is 9.88. The van der Waals surface area contributed by atoms with E-state index in [0.29, 0.717) is 19.6 Å². The van der Waals surface area contributed by atoms with Gasteiger partial charge in [0.2, 0.25) is 0 Å². The molecule has 0 aromatic heterocycles. The van der Waals surface area contributed by atoms with Crippen molar-refractivity contribution < 1.29 is 14.3 Å². The summed E-state index contributed by atoms with van der Waals surface area (Å²) >= 11 is 0. The van der Waals surface area contributed by atoms with Gasteiger partial charge in [0, 0.05) is 19.0 Å². The Morgan fingerprint density at radius 1 is 1.32 bits per heavy atom. The average Bonchev–Trinajstić information content (AvgIpc) is 2.89. The van der Waals surface area contributed by atoms with Gasteiger partial charge in [-0.1, -0.05) is 18.2 Å². The Morgan fingerprint density at radius 3 is 2.59 bits per heavy atom. The number of carbonyl (C=O) groups excluding carboxylic acids is 1. The minimum Gasteiger partial charge on any atom is -0.496 e. The molecule has 1 aliphatic heterocycles. The summed E-state index contributed by atoms with van der Waals surface area (Å²) in [7, 11) is 1.66. The molecule has 0 unspecified atom stereocenters. The number of rotatable bonds is 3. The van der Waals surface area contributed by atoms with Crippen LogP contribution in [0, 0.1) is 5.92 Å². The van der Waals surface area contributed by atoms with E-state index < -0.39 is 5.60 Å². The summed E-state index contributed by atoms with van der Waals surface area (Å²) in [6.07, 6.45) is -0.275. The lowest BCUT2D eigenvalue weighted by molar-refractivity contribution is 0.0287. The summed E-state index contributed by atoms with van der Waals surface area (Å²) < 4.78 is 10.9. The number of nitrogens with zero attached hydrogens (tertiary/aromatic N) is 1. The average molecular weight is 306 g/mol. The zero-order chi connectivity index (χ0) is 16.3.